The standard InChI is InChI=1S/C18H17FN2S/c1-18(2,3)15-7-8-20-10-14(15)17-21-16(11-22-17)12-5-4-6-13(19)9-12/h4-11H,1-3H3. The summed E-state index contributed by atoms with van der Waals surface area (Å²) in [4.78, 5) is 8.92. The van der Waals surface area contributed by atoms with E-state index in [2.05, 4.69) is 30.7 Å². The van der Waals surface area contributed by atoms with Crippen LogP contribution in [0, 0.1) is 5.82 Å². The molecule has 0 saturated carbocycles. The average molecular weight is 312 g/mol. The highest BCUT2D eigenvalue weighted by atomic mass is 32.1. The minimum absolute atomic E-state index is 0.0168. The third kappa shape index (κ3) is 2.92. The van der Waals surface area contributed by atoms with Crippen molar-refractivity contribution in [2.24, 2.45) is 0 Å². The highest BCUT2D eigenvalue weighted by Crippen LogP contribution is 2.35. The Morgan fingerprint density at radius 3 is 2.68 bits per heavy atom. The fraction of sp³-hybridized carbons (Fsp3) is 0.222. The minimum atomic E-state index is -0.246. The molecule has 2 heterocycles. The molecule has 2 nitrogen and oxygen atoms in total. The monoisotopic (exact) mass is 312 g/mol. The predicted octanol–water partition coefficient (Wildman–Crippen LogP) is 5.31. The van der Waals surface area contributed by atoms with Crippen LogP contribution in [0.4, 0.5) is 4.39 Å². The van der Waals surface area contributed by atoms with Gasteiger partial charge in [0.05, 0.1) is 5.69 Å². The molecule has 0 N–H and O–H groups in total. The van der Waals surface area contributed by atoms with E-state index in [4.69, 9.17) is 0 Å². The lowest BCUT2D eigenvalue weighted by molar-refractivity contribution is 0.591. The Labute approximate surface area is 133 Å². The lowest BCUT2D eigenvalue weighted by atomic mass is 9.85. The largest absolute Gasteiger partial charge is 0.264 e. The summed E-state index contributed by atoms with van der Waals surface area (Å²) in [5.41, 5.74) is 3.86. The molecule has 1 aromatic carbocycles. The van der Waals surface area contributed by atoms with Crippen molar-refractivity contribution in [1.82, 2.24) is 9.97 Å². The van der Waals surface area contributed by atoms with Crippen LogP contribution in [0.25, 0.3) is 21.8 Å². The van der Waals surface area contributed by atoms with E-state index >= 15 is 0 Å². The lowest BCUT2D eigenvalue weighted by Crippen LogP contribution is -2.12. The SMILES string of the molecule is CC(C)(C)c1ccncc1-c1nc(-c2cccc(F)c2)cs1. The molecule has 0 bridgehead atoms. The third-order valence-electron chi connectivity index (χ3n) is 3.48. The number of benzene rings is 1. The quantitative estimate of drug-likeness (QED) is 0.641. The Morgan fingerprint density at radius 2 is 1.95 bits per heavy atom. The molecule has 2 aromatic heterocycles. The fourth-order valence-electron chi connectivity index (χ4n) is 2.40. The van der Waals surface area contributed by atoms with Crippen molar-refractivity contribution in [3.05, 3.63) is 59.5 Å². The normalized spacial score (nSPS) is 11.6. The first-order valence-corrected chi connectivity index (χ1v) is 7.99. The van der Waals surface area contributed by atoms with Crippen molar-refractivity contribution in [1.29, 1.82) is 0 Å². The molecule has 3 aromatic rings. The average Bonchev–Trinajstić information content (AvgIpc) is 2.96. The Bertz CT molecular complexity index is 803. The number of rotatable bonds is 2. The van der Waals surface area contributed by atoms with Gasteiger partial charge in [0.2, 0.25) is 0 Å². The van der Waals surface area contributed by atoms with Gasteiger partial charge in [-0.2, -0.15) is 0 Å². The van der Waals surface area contributed by atoms with E-state index in [1.807, 2.05) is 29.9 Å². The van der Waals surface area contributed by atoms with Crippen LogP contribution in [0.3, 0.4) is 0 Å². The van der Waals surface area contributed by atoms with Gasteiger partial charge in [0, 0.05) is 28.9 Å². The molecule has 0 fully saturated rings. The fourth-order valence-corrected chi connectivity index (χ4v) is 3.25. The highest BCUT2D eigenvalue weighted by molar-refractivity contribution is 7.13. The van der Waals surface area contributed by atoms with Crippen LogP contribution >= 0.6 is 11.3 Å². The molecule has 0 aliphatic heterocycles. The molecule has 22 heavy (non-hydrogen) atoms. The first-order chi connectivity index (χ1) is 10.4. The van der Waals surface area contributed by atoms with Gasteiger partial charge in [0.1, 0.15) is 10.8 Å². The highest BCUT2D eigenvalue weighted by Gasteiger charge is 2.20. The molecule has 0 amide bonds. The molecule has 3 rings (SSSR count). The molecule has 0 atom stereocenters. The first kappa shape index (κ1) is 14.9. The molecule has 0 spiro atoms. The van der Waals surface area contributed by atoms with Crippen LogP contribution in [0.2, 0.25) is 0 Å². The predicted molar refractivity (Wildman–Crippen MR) is 89.4 cm³/mol. The summed E-state index contributed by atoms with van der Waals surface area (Å²) in [5, 5.41) is 2.88. The first-order valence-electron chi connectivity index (χ1n) is 7.11. The third-order valence-corrected chi connectivity index (χ3v) is 4.36. The van der Waals surface area contributed by atoms with Gasteiger partial charge in [0.25, 0.3) is 0 Å². The second-order valence-electron chi connectivity index (χ2n) is 6.22. The maximum Gasteiger partial charge on any atom is 0.125 e. The number of thiazole rings is 1. The summed E-state index contributed by atoms with van der Waals surface area (Å²) >= 11 is 1.56. The van der Waals surface area contributed by atoms with Crippen LogP contribution in [0.1, 0.15) is 26.3 Å². The Balaban J connectivity index is 2.06. The van der Waals surface area contributed by atoms with E-state index in [-0.39, 0.29) is 11.2 Å². The number of pyridine rings is 1. The molecule has 112 valence electrons. The maximum absolute atomic E-state index is 13.4. The van der Waals surface area contributed by atoms with E-state index in [1.165, 1.54) is 17.7 Å². The number of halogens is 1. The molecule has 4 heteroatoms. The number of hydrogen-bond acceptors (Lipinski definition) is 3. The Hall–Kier alpha value is -2.07. The Morgan fingerprint density at radius 1 is 1.14 bits per heavy atom. The second kappa shape index (κ2) is 5.61. The van der Waals surface area contributed by atoms with Gasteiger partial charge < -0.3 is 0 Å². The topological polar surface area (TPSA) is 25.8 Å². The molecular formula is C18H17FN2S. The molecule has 0 unspecified atom stereocenters. The van der Waals surface area contributed by atoms with Gasteiger partial charge in [-0.25, -0.2) is 9.37 Å². The summed E-state index contributed by atoms with van der Waals surface area (Å²) in [7, 11) is 0. The molecular weight excluding hydrogens is 295 g/mol. The minimum Gasteiger partial charge on any atom is -0.264 e. The van der Waals surface area contributed by atoms with Crippen LogP contribution in [-0.2, 0) is 5.41 Å². The van der Waals surface area contributed by atoms with Crippen LogP contribution in [0.5, 0.6) is 0 Å². The molecule has 0 saturated heterocycles. The van der Waals surface area contributed by atoms with Crippen molar-refractivity contribution in [2.75, 3.05) is 0 Å². The summed E-state index contributed by atoms with van der Waals surface area (Å²) in [6, 6.07) is 8.56. The van der Waals surface area contributed by atoms with Crippen LogP contribution < -0.4 is 0 Å². The van der Waals surface area contributed by atoms with Crippen molar-refractivity contribution < 1.29 is 4.39 Å². The second-order valence-corrected chi connectivity index (χ2v) is 7.08. The van der Waals surface area contributed by atoms with Gasteiger partial charge in [-0.1, -0.05) is 32.9 Å². The van der Waals surface area contributed by atoms with Crippen molar-refractivity contribution in [2.45, 2.75) is 26.2 Å². The van der Waals surface area contributed by atoms with Crippen molar-refractivity contribution in [3.63, 3.8) is 0 Å². The number of hydrogen-bond donors (Lipinski definition) is 0. The van der Waals surface area contributed by atoms with E-state index in [0.717, 1.165) is 21.8 Å². The van der Waals surface area contributed by atoms with E-state index in [9.17, 15) is 4.39 Å². The molecule has 0 aliphatic carbocycles. The van der Waals surface area contributed by atoms with Gasteiger partial charge >= 0.3 is 0 Å². The lowest BCUT2D eigenvalue weighted by Gasteiger charge is -2.21. The van der Waals surface area contributed by atoms with Gasteiger partial charge in [-0.3, -0.25) is 4.98 Å². The van der Waals surface area contributed by atoms with E-state index < -0.39 is 0 Å². The van der Waals surface area contributed by atoms with Crippen molar-refractivity contribution in [3.8, 4) is 21.8 Å². The van der Waals surface area contributed by atoms with Crippen LogP contribution in [0.15, 0.2) is 48.1 Å². The summed E-state index contributed by atoms with van der Waals surface area (Å²) in [6.45, 7) is 6.52. The zero-order valence-corrected chi connectivity index (χ0v) is 13.6. The number of nitrogens with zero attached hydrogens (tertiary/aromatic N) is 2. The van der Waals surface area contributed by atoms with Crippen molar-refractivity contribution >= 4 is 11.3 Å². The maximum atomic E-state index is 13.4. The summed E-state index contributed by atoms with van der Waals surface area (Å²) < 4.78 is 13.4. The molecule has 0 radical (unpaired) electrons. The van der Waals surface area contributed by atoms with E-state index in [1.54, 1.807) is 17.4 Å². The summed E-state index contributed by atoms with van der Waals surface area (Å²) in [5.74, 6) is -0.246. The molecule has 0 aliphatic rings. The van der Waals surface area contributed by atoms with Gasteiger partial charge in [0.15, 0.2) is 0 Å². The van der Waals surface area contributed by atoms with Gasteiger partial charge in [-0.15, -0.1) is 11.3 Å². The van der Waals surface area contributed by atoms with E-state index in [0.29, 0.717) is 0 Å². The van der Waals surface area contributed by atoms with Crippen LogP contribution in [-0.4, -0.2) is 9.97 Å². The Kier molecular flexibility index (Phi) is 3.79. The zero-order chi connectivity index (χ0) is 15.7. The zero-order valence-electron chi connectivity index (χ0n) is 12.8. The summed E-state index contributed by atoms with van der Waals surface area (Å²) in [6.07, 6.45) is 3.67. The smallest absolute Gasteiger partial charge is 0.125 e. The van der Waals surface area contributed by atoms with Gasteiger partial charge in [-0.05, 0) is 29.2 Å². The number of aromatic nitrogens is 2.